The molecule has 0 saturated carbocycles. The highest BCUT2D eigenvalue weighted by atomic mass is 79.9. The van der Waals surface area contributed by atoms with Crippen molar-refractivity contribution >= 4 is 45.2 Å². The van der Waals surface area contributed by atoms with Gasteiger partial charge >= 0.3 is 12.0 Å². The zero-order chi connectivity index (χ0) is 14.9. The summed E-state index contributed by atoms with van der Waals surface area (Å²) in [7, 11) is 0. The van der Waals surface area contributed by atoms with Gasteiger partial charge in [-0.05, 0) is 40.5 Å². The molecular formula is C13H14BrClN2O3. The lowest BCUT2D eigenvalue weighted by molar-refractivity contribution is -0.139. The molecule has 2 N–H and O–H groups in total. The fraction of sp³-hybridized carbons (Fsp3) is 0.385. The molecule has 1 saturated heterocycles. The molecule has 1 aliphatic rings. The minimum Gasteiger partial charge on any atom is -0.481 e. The van der Waals surface area contributed by atoms with Crippen molar-refractivity contribution in [2.45, 2.75) is 13.3 Å². The van der Waals surface area contributed by atoms with Crippen LogP contribution >= 0.6 is 27.5 Å². The Hall–Kier alpha value is -1.27. The Labute approximate surface area is 130 Å². The van der Waals surface area contributed by atoms with Crippen LogP contribution in [0.4, 0.5) is 10.5 Å². The minimum absolute atomic E-state index is 0.0447. The van der Waals surface area contributed by atoms with Crippen molar-refractivity contribution in [3.63, 3.8) is 0 Å². The Bertz CT molecular complexity index is 559. The molecule has 20 heavy (non-hydrogen) atoms. The van der Waals surface area contributed by atoms with Gasteiger partial charge in [0.2, 0.25) is 0 Å². The molecule has 1 heterocycles. The van der Waals surface area contributed by atoms with Gasteiger partial charge in [0.25, 0.3) is 0 Å². The van der Waals surface area contributed by atoms with E-state index in [0.29, 0.717) is 23.8 Å². The predicted molar refractivity (Wildman–Crippen MR) is 80.2 cm³/mol. The number of amides is 2. The molecule has 1 fully saturated rings. The first-order valence-corrected chi connectivity index (χ1v) is 7.27. The van der Waals surface area contributed by atoms with Crippen LogP contribution in [0.5, 0.6) is 0 Å². The zero-order valence-corrected chi connectivity index (χ0v) is 13.2. The maximum Gasteiger partial charge on any atom is 0.321 e. The van der Waals surface area contributed by atoms with Gasteiger partial charge in [-0.15, -0.1) is 0 Å². The number of anilines is 1. The maximum atomic E-state index is 12.0. The smallest absolute Gasteiger partial charge is 0.321 e. The van der Waals surface area contributed by atoms with Crippen molar-refractivity contribution in [1.82, 2.24) is 4.90 Å². The highest BCUT2D eigenvalue weighted by molar-refractivity contribution is 9.10. The number of carbonyl (C=O) groups is 2. The van der Waals surface area contributed by atoms with Gasteiger partial charge in [-0.1, -0.05) is 11.6 Å². The number of hydrogen-bond acceptors (Lipinski definition) is 2. The molecule has 1 aliphatic heterocycles. The summed E-state index contributed by atoms with van der Waals surface area (Å²) in [4.78, 5) is 24.1. The third-order valence-corrected chi connectivity index (χ3v) is 4.26. The van der Waals surface area contributed by atoms with Crippen LogP contribution in [0.25, 0.3) is 0 Å². The molecule has 0 radical (unpaired) electrons. The standard InChI is InChI=1S/C13H14BrClN2O3/c1-7-2-9(14)11(4-10(7)15)16-13(20)17-5-8(6-17)3-12(18)19/h2,4,8H,3,5-6H2,1H3,(H,16,20)(H,18,19). The van der Waals surface area contributed by atoms with Gasteiger partial charge in [-0.25, -0.2) is 4.79 Å². The number of carbonyl (C=O) groups excluding carboxylic acids is 1. The molecule has 0 bridgehead atoms. The number of aryl methyl sites for hydroxylation is 1. The van der Waals surface area contributed by atoms with Crippen LogP contribution in [0.3, 0.4) is 0 Å². The largest absolute Gasteiger partial charge is 0.481 e. The average Bonchev–Trinajstić information content (AvgIpc) is 2.29. The van der Waals surface area contributed by atoms with Crippen molar-refractivity contribution < 1.29 is 14.7 Å². The second-order valence-corrected chi connectivity index (χ2v) is 6.14. The number of nitrogens with one attached hydrogen (secondary N) is 1. The normalized spacial score (nSPS) is 14.8. The molecule has 7 heteroatoms. The van der Waals surface area contributed by atoms with E-state index in [1.54, 1.807) is 11.0 Å². The molecule has 0 unspecified atom stereocenters. The van der Waals surface area contributed by atoms with E-state index in [0.717, 1.165) is 10.0 Å². The molecule has 1 aromatic rings. The van der Waals surface area contributed by atoms with Gasteiger partial charge in [0.1, 0.15) is 0 Å². The molecule has 0 aromatic heterocycles. The first kappa shape index (κ1) is 15.1. The Kier molecular flexibility index (Phi) is 4.55. The Morgan fingerprint density at radius 2 is 2.15 bits per heavy atom. The number of urea groups is 1. The lowest BCUT2D eigenvalue weighted by Gasteiger charge is -2.38. The number of carboxylic acid groups (broad SMARTS) is 1. The quantitative estimate of drug-likeness (QED) is 0.867. The van der Waals surface area contributed by atoms with Gasteiger partial charge in [-0.3, -0.25) is 4.79 Å². The average molecular weight is 362 g/mol. The summed E-state index contributed by atoms with van der Waals surface area (Å²) in [5, 5.41) is 12.0. The number of carboxylic acids is 1. The van der Waals surface area contributed by atoms with Crippen molar-refractivity contribution in [3.8, 4) is 0 Å². The highest BCUT2D eigenvalue weighted by Gasteiger charge is 2.32. The summed E-state index contributed by atoms with van der Waals surface area (Å²) < 4.78 is 0.760. The monoisotopic (exact) mass is 360 g/mol. The van der Waals surface area contributed by atoms with Gasteiger partial charge in [0.15, 0.2) is 0 Å². The van der Waals surface area contributed by atoms with Gasteiger partial charge in [-0.2, -0.15) is 0 Å². The fourth-order valence-electron chi connectivity index (χ4n) is 2.05. The number of halogens is 2. The Balaban J connectivity index is 1.93. The van der Waals surface area contributed by atoms with E-state index in [1.165, 1.54) is 0 Å². The topological polar surface area (TPSA) is 69.6 Å². The summed E-state index contributed by atoms with van der Waals surface area (Å²) in [6.45, 7) is 2.81. The number of rotatable bonds is 3. The summed E-state index contributed by atoms with van der Waals surface area (Å²) in [6, 6.07) is 3.28. The number of aliphatic carboxylic acids is 1. The van der Waals surface area contributed by atoms with Crippen LogP contribution in [0.2, 0.25) is 5.02 Å². The first-order valence-electron chi connectivity index (χ1n) is 6.10. The Morgan fingerprint density at radius 3 is 2.75 bits per heavy atom. The van der Waals surface area contributed by atoms with Crippen LogP contribution < -0.4 is 5.32 Å². The summed E-state index contributed by atoms with van der Waals surface area (Å²) in [6.07, 6.45) is 0.101. The van der Waals surface area contributed by atoms with Crippen molar-refractivity contribution in [2.24, 2.45) is 5.92 Å². The van der Waals surface area contributed by atoms with Crippen LogP contribution in [0, 0.1) is 12.8 Å². The van der Waals surface area contributed by atoms with Crippen molar-refractivity contribution in [1.29, 1.82) is 0 Å². The summed E-state index contributed by atoms with van der Waals surface area (Å²) >= 11 is 9.40. The molecule has 108 valence electrons. The molecule has 0 spiro atoms. The molecule has 2 rings (SSSR count). The molecule has 1 aromatic carbocycles. The first-order chi connectivity index (χ1) is 9.36. The summed E-state index contributed by atoms with van der Waals surface area (Å²) in [5.41, 5.74) is 1.52. The number of benzene rings is 1. The lowest BCUT2D eigenvalue weighted by Crippen LogP contribution is -2.52. The minimum atomic E-state index is -0.830. The van der Waals surface area contributed by atoms with Crippen LogP contribution in [-0.4, -0.2) is 35.1 Å². The van der Waals surface area contributed by atoms with Crippen LogP contribution in [0.1, 0.15) is 12.0 Å². The SMILES string of the molecule is Cc1cc(Br)c(NC(=O)N2CC(CC(=O)O)C2)cc1Cl. The third kappa shape index (κ3) is 3.43. The maximum absolute atomic E-state index is 12.0. The number of hydrogen-bond donors (Lipinski definition) is 2. The summed E-state index contributed by atoms with van der Waals surface area (Å²) in [5.74, 6) is -0.786. The Morgan fingerprint density at radius 1 is 1.50 bits per heavy atom. The molecule has 0 aliphatic carbocycles. The highest BCUT2D eigenvalue weighted by Crippen LogP contribution is 2.30. The molecular weight excluding hydrogens is 348 g/mol. The van der Waals surface area contributed by atoms with E-state index in [2.05, 4.69) is 21.2 Å². The van der Waals surface area contributed by atoms with E-state index in [1.807, 2.05) is 13.0 Å². The molecule has 2 amide bonds. The molecule has 5 nitrogen and oxygen atoms in total. The van der Waals surface area contributed by atoms with Crippen LogP contribution in [0.15, 0.2) is 16.6 Å². The lowest BCUT2D eigenvalue weighted by atomic mass is 9.97. The predicted octanol–water partition coefficient (Wildman–Crippen LogP) is 3.35. The fourth-order valence-corrected chi connectivity index (χ4v) is 2.77. The number of likely N-dealkylation sites (tertiary alicyclic amines) is 1. The van der Waals surface area contributed by atoms with Gasteiger partial charge in [0, 0.05) is 28.5 Å². The van der Waals surface area contributed by atoms with Gasteiger partial charge in [0.05, 0.1) is 12.1 Å². The van der Waals surface area contributed by atoms with E-state index in [9.17, 15) is 9.59 Å². The van der Waals surface area contributed by atoms with Crippen molar-refractivity contribution in [2.75, 3.05) is 18.4 Å². The van der Waals surface area contributed by atoms with Gasteiger partial charge < -0.3 is 15.3 Å². The van der Waals surface area contributed by atoms with E-state index < -0.39 is 5.97 Å². The second kappa shape index (κ2) is 6.01. The van der Waals surface area contributed by atoms with Crippen LogP contribution in [-0.2, 0) is 4.79 Å². The van der Waals surface area contributed by atoms with E-state index in [4.69, 9.17) is 16.7 Å². The second-order valence-electron chi connectivity index (χ2n) is 4.88. The third-order valence-electron chi connectivity index (χ3n) is 3.20. The van der Waals surface area contributed by atoms with E-state index >= 15 is 0 Å². The number of nitrogens with zero attached hydrogens (tertiary/aromatic N) is 1. The zero-order valence-electron chi connectivity index (χ0n) is 10.8. The van der Waals surface area contributed by atoms with Crippen molar-refractivity contribution in [3.05, 3.63) is 27.2 Å². The molecule has 0 atom stereocenters. The van der Waals surface area contributed by atoms with E-state index in [-0.39, 0.29) is 18.4 Å².